The van der Waals surface area contributed by atoms with Gasteiger partial charge in [-0.3, -0.25) is 0 Å². The number of oxazole rings is 1. The van der Waals surface area contributed by atoms with Crippen LogP contribution in [0.2, 0.25) is 0 Å². The largest absolute Gasteiger partial charge is 0.445 e. The van der Waals surface area contributed by atoms with Crippen molar-refractivity contribution in [3.05, 3.63) is 42.4 Å². The highest BCUT2D eigenvalue weighted by atomic mass is 32.2. The van der Waals surface area contributed by atoms with Crippen LogP contribution in [0, 0.1) is 0 Å². The molecule has 0 unspecified atom stereocenters. The fourth-order valence-electron chi connectivity index (χ4n) is 3.79. The van der Waals surface area contributed by atoms with E-state index in [1.54, 1.807) is 33.2 Å². The smallest absolute Gasteiger partial charge is 0.225 e. The Morgan fingerprint density at radius 1 is 1.14 bits per heavy atom. The predicted octanol–water partition coefficient (Wildman–Crippen LogP) is 4.57. The number of H-pyrrole nitrogens is 1. The first kappa shape index (κ1) is 19.2. The second kappa shape index (κ2) is 7.04. The van der Waals surface area contributed by atoms with E-state index in [0.717, 1.165) is 42.1 Å². The Balaban J connectivity index is 1.45. The Morgan fingerprint density at radius 2 is 1.89 bits per heavy atom. The number of aromatic amines is 1. The van der Waals surface area contributed by atoms with Crippen molar-refractivity contribution >= 4 is 20.9 Å². The summed E-state index contributed by atoms with van der Waals surface area (Å²) < 4.78 is 32.3. The number of sulfonamides is 1. The summed E-state index contributed by atoms with van der Waals surface area (Å²) in [5.41, 5.74) is 3.28. The van der Waals surface area contributed by atoms with Gasteiger partial charge in [-0.15, -0.1) is 0 Å². The molecule has 7 heteroatoms. The molecule has 0 radical (unpaired) electrons. The van der Waals surface area contributed by atoms with Crippen molar-refractivity contribution in [1.29, 1.82) is 0 Å². The molecule has 0 bridgehead atoms. The van der Waals surface area contributed by atoms with E-state index in [1.165, 1.54) is 5.69 Å². The molecule has 1 fully saturated rings. The Kier molecular flexibility index (Phi) is 4.83. The van der Waals surface area contributed by atoms with Crippen LogP contribution in [-0.2, 0) is 10.0 Å². The van der Waals surface area contributed by atoms with Crippen LogP contribution in [0.5, 0.6) is 0 Å². The van der Waals surface area contributed by atoms with E-state index in [9.17, 15) is 8.42 Å². The van der Waals surface area contributed by atoms with Crippen molar-refractivity contribution in [3.63, 3.8) is 0 Å². The van der Waals surface area contributed by atoms with Gasteiger partial charge in [-0.2, -0.15) is 0 Å². The summed E-state index contributed by atoms with van der Waals surface area (Å²) in [7, 11) is -3.30. The molecule has 1 aliphatic rings. The summed E-state index contributed by atoms with van der Waals surface area (Å²) in [6.07, 6.45) is 6.88. The lowest BCUT2D eigenvalue weighted by atomic mass is 9.84. The molecule has 150 valence electrons. The van der Waals surface area contributed by atoms with Crippen LogP contribution in [0.25, 0.3) is 22.4 Å². The van der Waals surface area contributed by atoms with E-state index >= 15 is 0 Å². The summed E-state index contributed by atoms with van der Waals surface area (Å²) in [5, 5.41) is 1.14. The van der Waals surface area contributed by atoms with Crippen LogP contribution < -0.4 is 4.72 Å². The van der Waals surface area contributed by atoms with Gasteiger partial charge in [0.15, 0.2) is 0 Å². The zero-order valence-corrected chi connectivity index (χ0v) is 17.3. The Bertz CT molecular complexity index is 1050. The number of benzene rings is 1. The van der Waals surface area contributed by atoms with Crippen molar-refractivity contribution in [3.8, 4) is 11.5 Å². The van der Waals surface area contributed by atoms with Gasteiger partial charge in [0.2, 0.25) is 15.9 Å². The van der Waals surface area contributed by atoms with Crippen molar-refractivity contribution in [1.82, 2.24) is 14.7 Å². The highest BCUT2D eigenvalue weighted by Gasteiger charge is 2.33. The summed E-state index contributed by atoms with van der Waals surface area (Å²) in [4.78, 5) is 7.75. The minimum absolute atomic E-state index is 0.0292. The zero-order valence-electron chi connectivity index (χ0n) is 16.5. The molecule has 2 N–H and O–H groups in total. The molecule has 0 spiro atoms. The van der Waals surface area contributed by atoms with Crippen LogP contribution in [-0.4, -0.2) is 29.2 Å². The number of nitrogens with zero attached hydrogens (tertiary/aromatic N) is 1. The molecule has 0 amide bonds. The molecule has 4 rings (SSSR count). The van der Waals surface area contributed by atoms with Crippen molar-refractivity contribution in [2.45, 2.75) is 63.2 Å². The maximum Gasteiger partial charge on any atom is 0.225 e. The number of aromatic nitrogens is 2. The molecule has 0 aliphatic heterocycles. The summed E-state index contributed by atoms with van der Waals surface area (Å²) in [5.74, 6) is 1.05. The topological polar surface area (TPSA) is 88.0 Å². The van der Waals surface area contributed by atoms with Crippen LogP contribution >= 0.6 is 0 Å². The van der Waals surface area contributed by atoms with Crippen molar-refractivity contribution < 1.29 is 12.8 Å². The fourth-order valence-corrected chi connectivity index (χ4v) is 4.82. The third kappa shape index (κ3) is 3.73. The first-order chi connectivity index (χ1) is 13.2. The molecule has 1 saturated carbocycles. The van der Waals surface area contributed by atoms with Crippen LogP contribution in [0.3, 0.4) is 0 Å². The molecule has 2 aromatic heterocycles. The van der Waals surface area contributed by atoms with Gasteiger partial charge in [0.25, 0.3) is 0 Å². The molecule has 3 aromatic rings. The van der Waals surface area contributed by atoms with E-state index in [1.807, 2.05) is 6.07 Å². The van der Waals surface area contributed by atoms with Gasteiger partial charge >= 0.3 is 0 Å². The van der Waals surface area contributed by atoms with E-state index in [0.29, 0.717) is 11.8 Å². The lowest BCUT2D eigenvalue weighted by Gasteiger charge is -2.31. The van der Waals surface area contributed by atoms with Gasteiger partial charge < -0.3 is 9.40 Å². The number of fused-ring (bicyclic) bond motifs is 1. The normalized spacial score (nSPS) is 21.2. The van der Waals surface area contributed by atoms with Crippen LogP contribution in [0.15, 0.2) is 41.1 Å². The lowest BCUT2D eigenvalue weighted by Crippen LogP contribution is -2.45. The van der Waals surface area contributed by atoms with E-state index in [2.05, 4.69) is 32.9 Å². The number of nitrogens with one attached hydrogen (secondary N) is 2. The Labute approximate surface area is 165 Å². The van der Waals surface area contributed by atoms with Gasteiger partial charge in [-0.1, -0.05) is 0 Å². The molecule has 0 atom stereocenters. The molecule has 0 saturated heterocycles. The van der Waals surface area contributed by atoms with E-state index in [-0.39, 0.29) is 6.04 Å². The number of hydrogen-bond acceptors (Lipinski definition) is 4. The SMILES string of the molecule is CC(C)(C)S(=O)(=O)NC1CCC(c2cc3cc(-c4ncco4)ccc3[nH]2)CC1. The maximum absolute atomic E-state index is 12.4. The molecule has 6 nitrogen and oxygen atoms in total. The standard InChI is InChI=1S/C21H27N3O3S/c1-21(2,3)28(25,26)24-17-7-4-14(5-8-17)19-13-16-12-15(6-9-18(16)23-19)20-22-10-11-27-20/h6,9-14,17,23-24H,4-5,7-8H2,1-3H3. The molecular formula is C21H27N3O3S. The lowest BCUT2D eigenvalue weighted by molar-refractivity contribution is 0.368. The number of hydrogen-bond donors (Lipinski definition) is 2. The van der Waals surface area contributed by atoms with Crippen molar-refractivity contribution in [2.24, 2.45) is 0 Å². The average molecular weight is 402 g/mol. The first-order valence-corrected chi connectivity index (χ1v) is 11.3. The molecule has 28 heavy (non-hydrogen) atoms. The van der Waals surface area contributed by atoms with Gasteiger partial charge in [0, 0.05) is 28.2 Å². The third-order valence-electron chi connectivity index (χ3n) is 5.62. The summed E-state index contributed by atoms with van der Waals surface area (Å²) in [6, 6.07) is 8.38. The Hall–Kier alpha value is -2.12. The second-order valence-corrected chi connectivity index (χ2v) is 11.1. The minimum atomic E-state index is -3.30. The van der Waals surface area contributed by atoms with Crippen LogP contribution in [0.1, 0.15) is 58.1 Å². The predicted molar refractivity (Wildman–Crippen MR) is 111 cm³/mol. The maximum atomic E-state index is 12.4. The summed E-state index contributed by atoms with van der Waals surface area (Å²) in [6.45, 7) is 5.20. The summed E-state index contributed by atoms with van der Waals surface area (Å²) >= 11 is 0. The third-order valence-corrected chi connectivity index (χ3v) is 7.87. The van der Waals surface area contributed by atoms with Crippen LogP contribution in [0.4, 0.5) is 0 Å². The highest BCUT2D eigenvalue weighted by molar-refractivity contribution is 7.90. The molecule has 1 aromatic carbocycles. The van der Waals surface area contributed by atoms with E-state index in [4.69, 9.17) is 4.42 Å². The molecular weight excluding hydrogens is 374 g/mol. The molecule has 2 heterocycles. The van der Waals surface area contributed by atoms with Gasteiger partial charge in [0.05, 0.1) is 10.9 Å². The van der Waals surface area contributed by atoms with Gasteiger partial charge in [-0.25, -0.2) is 18.1 Å². The second-order valence-electron chi connectivity index (χ2n) is 8.65. The van der Waals surface area contributed by atoms with Gasteiger partial charge in [0.1, 0.15) is 6.26 Å². The average Bonchev–Trinajstić information content (AvgIpc) is 3.30. The van der Waals surface area contributed by atoms with Crippen molar-refractivity contribution in [2.75, 3.05) is 0 Å². The fraction of sp³-hybridized carbons (Fsp3) is 0.476. The van der Waals surface area contributed by atoms with Gasteiger partial charge in [-0.05, 0) is 76.6 Å². The minimum Gasteiger partial charge on any atom is -0.445 e. The first-order valence-electron chi connectivity index (χ1n) is 9.77. The zero-order chi connectivity index (χ0) is 19.9. The van der Waals surface area contributed by atoms with E-state index < -0.39 is 14.8 Å². The quantitative estimate of drug-likeness (QED) is 0.670. The Morgan fingerprint density at radius 3 is 2.54 bits per heavy atom. The monoisotopic (exact) mass is 401 g/mol. The highest BCUT2D eigenvalue weighted by Crippen LogP contribution is 2.35. The number of rotatable bonds is 4. The molecule has 1 aliphatic carbocycles.